The van der Waals surface area contributed by atoms with Gasteiger partial charge >= 0.3 is 0 Å². The molecule has 0 saturated carbocycles. The van der Waals surface area contributed by atoms with Crippen LogP contribution in [0.15, 0.2) is 23.0 Å². The van der Waals surface area contributed by atoms with Crippen LogP contribution in [0.4, 0.5) is 0 Å². The van der Waals surface area contributed by atoms with Gasteiger partial charge in [-0.05, 0) is 55.6 Å². The van der Waals surface area contributed by atoms with Crippen LogP contribution in [-0.4, -0.2) is 53.5 Å². The molecule has 0 spiro atoms. The third-order valence-electron chi connectivity index (χ3n) is 4.19. The summed E-state index contributed by atoms with van der Waals surface area (Å²) < 4.78 is 5.02. The molecule has 0 aliphatic heterocycles. The Labute approximate surface area is 159 Å². The highest BCUT2D eigenvalue weighted by Crippen LogP contribution is 2.18. The zero-order valence-electron chi connectivity index (χ0n) is 15.6. The van der Waals surface area contributed by atoms with E-state index in [1.165, 1.54) is 0 Å². The molecule has 0 aliphatic rings. The second-order valence-electron chi connectivity index (χ2n) is 6.39. The van der Waals surface area contributed by atoms with E-state index in [9.17, 15) is 9.90 Å². The van der Waals surface area contributed by atoms with Crippen molar-refractivity contribution in [3.8, 4) is 0 Å². The van der Waals surface area contributed by atoms with Gasteiger partial charge in [0.2, 0.25) is 0 Å². The first-order chi connectivity index (χ1) is 12.5. The summed E-state index contributed by atoms with van der Waals surface area (Å²) >= 11 is 5.42. The number of aromatic amines is 1. The van der Waals surface area contributed by atoms with E-state index < -0.39 is 0 Å². The number of H-pyrrole nitrogens is 1. The molecule has 0 saturated heterocycles. The summed E-state index contributed by atoms with van der Waals surface area (Å²) in [5.74, 6) is 0. The number of benzene rings is 1. The maximum absolute atomic E-state index is 12.5. The Morgan fingerprint density at radius 2 is 2.12 bits per heavy atom. The highest BCUT2D eigenvalue weighted by atomic mass is 32.1. The second-order valence-corrected chi connectivity index (χ2v) is 6.78. The van der Waals surface area contributed by atoms with E-state index >= 15 is 0 Å². The molecule has 142 valence electrons. The van der Waals surface area contributed by atoms with E-state index in [1.807, 2.05) is 19.9 Å². The van der Waals surface area contributed by atoms with Gasteiger partial charge in [0, 0.05) is 32.4 Å². The van der Waals surface area contributed by atoms with Crippen LogP contribution < -0.4 is 10.9 Å². The van der Waals surface area contributed by atoms with Crippen LogP contribution >= 0.6 is 12.2 Å². The molecular formula is C19H27N3O3S. The normalized spacial score (nSPS) is 10.9. The lowest BCUT2D eigenvalue weighted by atomic mass is 10.1. The summed E-state index contributed by atoms with van der Waals surface area (Å²) in [5.41, 5.74) is 3.55. The van der Waals surface area contributed by atoms with Crippen molar-refractivity contribution in [3.05, 3.63) is 45.2 Å². The quantitative estimate of drug-likeness (QED) is 0.481. The van der Waals surface area contributed by atoms with Crippen LogP contribution in [-0.2, 0) is 11.3 Å². The van der Waals surface area contributed by atoms with Gasteiger partial charge in [-0.1, -0.05) is 11.6 Å². The molecule has 26 heavy (non-hydrogen) atoms. The van der Waals surface area contributed by atoms with Gasteiger partial charge in [-0.2, -0.15) is 0 Å². The van der Waals surface area contributed by atoms with Crippen molar-refractivity contribution in [1.82, 2.24) is 15.2 Å². The Balaban J connectivity index is 2.21. The molecule has 1 aromatic heterocycles. The summed E-state index contributed by atoms with van der Waals surface area (Å²) in [6, 6.07) is 6.01. The molecule has 0 aliphatic carbocycles. The van der Waals surface area contributed by atoms with Gasteiger partial charge in [-0.25, -0.2) is 0 Å². The average Bonchev–Trinajstić information content (AvgIpc) is 2.59. The number of aliphatic hydroxyl groups is 1. The number of aliphatic hydroxyl groups excluding tert-OH is 1. The highest BCUT2D eigenvalue weighted by molar-refractivity contribution is 7.80. The predicted octanol–water partition coefficient (Wildman–Crippen LogP) is 1.85. The first-order valence-electron chi connectivity index (χ1n) is 8.72. The SMILES string of the molecule is COCCCNC(=S)N(CCO)Cc1cc2cc(C)cc(C)c2[nH]c1=O. The minimum absolute atomic E-state index is 0.0381. The monoisotopic (exact) mass is 377 g/mol. The topological polar surface area (TPSA) is 77.6 Å². The van der Waals surface area contributed by atoms with E-state index in [4.69, 9.17) is 17.0 Å². The van der Waals surface area contributed by atoms with Crippen LogP contribution in [0.25, 0.3) is 10.9 Å². The average molecular weight is 378 g/mol. The molecule has 2 aromatic rings. The number of hydrogen-bond donors (Lipinski definition) is 3. The van der Waals surface area contributed by atoms with Crippen LogP contribution in [0.2, 0.25) is 0 Å². The lowest BCUT2D eigenvalue weighted by Gasteiger charge is -2.25. The highest BCUT2D eigenvalue weighted by Gasteiger charge is 2.13. The van der Waals surface area contributed by atoms with Crippen molar-refractivity contribution >= 4 is 28.2 Å². The van der Waals surface area contributed by atoms with Gasteiger partial charge in [-0.15, -0.1) is 0 Å². The molecule has 0 fully saturated rings. The molecule has 0 atom stereocenters. The number of methoxy groups -OCH3 is 1. The zero-order chi connectivity index (χ0) is 19.1. The minimum atomic E-state index is -0.130. The van der Waals surface area contributed by atoms with E-state index in [0.29, 0.717) is 36.9 Å². The predicted molar refractivity (Wildman–Crippen MR) is 109 cm³/mol. The number of hydrogen-bond acceptors (Lipinski definition) is 4. The second kappa shape index (κ2) is 9.66. The maximum Gasteiger partial charge on any atom is 0.253 e. The van der Waals surface area contributed by atoms with E-state index in [-0.39, 0.29) is 12.2 Å². The van der Waals surface area contributed by atoms with E-state index in [1.54, 1.807) is 12.0 Å². The number of ether oxygens (including phenoxy) is 1. The first kappa shape index (κ1) is 20.4. The fraction of sp³-hybridized carbons (Fsp3) is 0.474. The molecule has 3 N–H and O–H groups in total. The lowest BCUT2D eigenvalue weighted by Crippen LogP contribution is -2.42. The Morgan fingerprint density at radius 1 is 1.35 bits per heavy atom. The molecule has 0 bridgehead atoms. The summed E-state index contributed by atoms with van der Waals surface area (Å²) in [5, 5.41) is 14.0. The van der Waals surface area contributed by atoms with Gasteiger partial charge < -0.3 is 25.0 Å². The summed E-state index contributed by atoms with van der Waals surface area (Å²) in [6.45, 7) is 6.02. The number of rotatable bonds is 8. The molecule has 2 rings (SSSR count). The Hall–Kier alpha value is -1.96. The fourth-order valence-corrected chi connectivity index (χ4v) is 3.21. The Morgan fingerprint density at radius 3 is 2.81 bits per heavy atom. The molecule has 0 radical (unpaired) electrons. The summed E-state index contributed by atoms with van der Waals surface area (Å²) in [6.07, 6.45) is 0.832. The third-order valence-corrected chi connectivity index (χ3v) is 4.59. The van der Waals surface area contributed by atoms with E-state index in [2.05, 4.69) is 22.4 Å². The van der Waals surface area contributed by atoms with Crippen LogP contribution in [0, 0.1) is 13.8 Å². The Bertz CT molecular complexity index is 820. The number of aryl methyl sites for hydroxylation is 2. The Kier molecular flexibility index (Phi) is 7.56. The minimum Gasteiger partial charge on any atom is -0.395 e. The molecule has 1 heterocycles. The number of pyridine rings is 1. The number of nitrogens with one attached hydrogen (secondary N) is 2. The third kappa shape index (κ3) is 5.27. The van der Waals surface area contributed by atoms with Crippen LogP contribution in [0.5, 0.6) is 0 Å². The number of fused-ring (bicyclic) bond motifs is 1. The van der Waals surface area contributed by atoms with Crippen LogP contribution in [0.1, 0.15) is 23.1 Å². The van der Waals surface area contributed by atoms with Crippen molar-refractivity contribution in [2.75, 3.05) is 33.4 Å². The number of aromatic nitrogens is 1. The summed E-state index contributed by atoms with van der Waals surface area (Å²) in [7, 11) is 1.66. The van der Waals surface area contributed by atoms with Crippen molar-refractivity contribution in [2.45, 2.75) is 26.8 Å². The van der Waals surface area contributed by atoms with Gasteiger partial charge in [-0.3, -0.25) is 4.79 Å². The van der Waals surface area contributed by atoms with E-state index in [0.717, 1.165) is 28.5 Å². The maximum atomic E-state index is 12.5. The van der Waals surface area contributed by atoms with Crippen molar-refractivity contribution in [1.29, 1.82) is 0 Å². The fourth-order valence-electron chi connectivity index (χ4n) is 2.95. The van der Waals surface area contributed by atoms with Crippen LogP contribution in [0.3, 0.4) is 0 Å². The molecule has 0 amide bonds. The van der Waals surface area contributed by atoms with Gasteiger partial charge in [0.15, 0.2) is 5.11 Å². The molecule has 7 heteroatoms. The van der Waals surface area contributed by atoms with Gasteiger partial charge in [0.25, 0.3) is 5.56 Å². The van der Waals surface area contributed by atoms with Crippen molar-refractivity contribution < 1.29 is 9.84 Å². The van der Waals surface area contributed by atoms with Gasteiger partial charge in [0.1, 0.15) is 0 Å². The lowest BCUT2D eigenvalue weighted by molar-refractivity contribution is 0.195. The molecule has 6 nitrogen and oxygen atoms in total. The number of nitrogens with zero attached hydrogens (tertiary/aromatic N) is 1. The van der Waals surface area contributed by atoms with Crippen molar-refractivity contribution in [3.63, 3.8) is 0 Å². The molecule has 1 aromatic carbocycles. The smallest absolute Gasteiger partial charge is 0.253 e. The largest absolute Gasteiger partial charge is 0.395 e. The summed E-state index contributed by atoms with van der Waals surface area (Å²) in [4.78, 5) is 17.3. The number of thiocarbonyl (C=S) groups is 1. The van der Waals surface area contributed by atoms with Crippen molar-refractivity contribution in [2.24, 2.45) is 0 Å². The standard InChI is InChI=1S/C19H27N3O3S/c1-13-9-14(2)17-15(10-13)11-16(18(24)21-17)12-22(6-7-23)19(26)20-5-4-8-25-3/h9-11,23H,4-8,12H2,1-3H3,(H,20,26)(H,21,24). The molecule has 0 unspecified atom stereocenters. The van der Waals surface area contributed by atoms with Gasteiger partial charge in [0.05, 0.1) is 18.7 Å². The molecular weight excluding hydrogens is 350 g/mol. The zero-order valence-corrected chi connectivity index (χ0v) is 16.4. The first-order valence-corrected chi connectivity index (χ1v) is 9.12.